The van der Waals surface area contributed by atoms with Gasteiger partial charge in [-0.05, 0) is 19.3 Å². The van der Waals surface area contributed by atoms with Crippen molar-refractivity contribution >= 4 is 0 Å². The lowest BCUT2D eigenvalue weighted by Gasteiger charge is -2.30. The summed E-state index contributed by atoms with van der Waals surface area (Å²) in [7, 11) is 0. The molecule has 0 fully saturated rings. The van der Waals surface area contributed by atoms with Crippen LogP contribution in [0.5, 0.6) is 0 Å². The molecule has 0 bridgehead atoms. The van der Waals surface area contributed by atoms with Crippen molar-refractivity contribution in [3.63, 3.8) is 0 Å². The molecule has 92 valence electrons. The molecule has 0 rings (SSSR count). The van der Waals surface area contributed by atoms with Gasteiger partial charge in [-0.1, -0.05) is 13.8 Å². The van der Waals surface area contributed by atoms with E-state index in [0.717, 1.165) is 12.8 Å². The van der Waals surface area contributed by atoms with Crippen LogP contribution in [0.15, 0.2) is 0 Å². The zero-order chi connectivity index (χ0) is 11.9. The average Bonchev–Trinajstić information content (AvgIpc) is 2.18. The van der Waals surface area contributed by atoms with Crippen LogP contribution in [0.1, 0.15) is 39.5 Å². The first-order valence-corrected chi connectivity index (χ1v) is 5.30. The molecule has 0 aliphatic rings. The first-order valence-electron chi connectivity index (χ1n) is 5.30. The van der Waals surface area contributed by atoms with Crippen LogP contribution < -0.4 is 5.73 Å². The zero-order valence-corrected chi connectivity index (χ0v) is 9.36. The second kappa shape index (κ2) is 6.33. The van der Waals surface area contributed by atoms with E-state index in [0.29, 0.717) is 6.54 Å². The maximum atomic E-state index is 11.8. The number of hydrogen-bond donors (Lipinski definition) is 1. The molecule has 0 heterocycles. The highest BCUT2D eigenvalue weighted by atomic mass is 19.4. The quantitative estimate of drug-likeness (QED) is 0.679. The largest absolute Gasteiger partial charge is 0.389 e. The van der Waals surface area contributed by atoms with Crippen molar-refractivity contribution in [1.82, 2.24) is 0 Å². The van der Waals surface area contributed by atoms with Crippen LogP contribution in [0, 0.1) is 0 Å². The highest BCUT2D eigenvalue weighted by molar-refractivity contribution is 4.78. The zero-order valence-electron chi connectivity index (χ0n) is 9.36. The molecule has 0 atom stereocenters. The summed E-state index contributed by atoms with van der Waals surface area (Å²) in [6.45, 7) is 4.34. The Morgan fingerprint density at radius 3 is 2.00 bits per heavy atom. The fraction of sp³-hybridized carbons (Fsp3) is 1.00. The summed E-state index contributed by atoms with van der Waals surface area (Å²) >= 11 is 0. The molecule has 0 spiro atoms. The lowest BCUT2D eigenvalue weighted by atomic mass is 9.97. The molecule has 0 aliphatic carbocycles. The Hall–Kier alpha value is -0.290. The second-order valence-corrected chi connectivity index (χ2v) is 3.66. The maximum absolute atomic E-state index is 11.8. The van der Waals surface area contributed by atoms with E-state index in [1.165, 1.54) is 0 Å². The van der Waals surface area contributed by atoms with Crippen molar-refractivity contribution in [3.05, 3.63) is 0 Å². The number of ether oxygens (including phenoxy) is 1. The van der Waals surface area contributed by atoms with Crippen molar-refractivity contribution in [2.24, 2.45) is 5.73 Å². The smallest absolute Gasteiger partial charge is 0.374 e. The van der Waals surface area contributed by atoms with Gasteiger partial charge in [0, 0.05) is 19.6 Å². The Morgan fingerprint density at radius 2 is 1.67 bits per heavy atom. The molecule has 2 nitrogen and oxygen atoms in total. The van der Waals surface area contributed by atoms with Gasteiger partial charge in [0.1, 0.15) is 0 Å². The highest BCUT2D eigenvalue weighted by Gasteiger charge is 2.28. The fourth-order valence-corrected chi connectivity index (χ4v) is 1.36. The first kappa shape index (κ1) is 14.7. The van der Waals surface area contributed by atoms with E-state index in [1.807, 2.05) is 13.8 Å². The van der Waals surface area contributed by atoms with E-state index >= 15 is 0 Å². The molecule has 0 amide bonds. The number of nitrogens with two attached hydrogens (primary N) is 1. The summed E-state index contributed by atoms with van der Waals surface area (Å²) in [6, 6.07) is 0. The molecule has 0 radical (unpaired) electrons. The van der Waals surface area contributed by atoms with E-state index in [1.54, 1.807) is 0 Å². The lowest BCUT2D eigenvalue weighted by molar-refractivity contribution is -0.142. The Morgan fingerprint density at radius 1 is 1.13 bits per heavy atom. The topological polar surface area (TPSA) is 35.2 Å². The lowest BCUT2D eigenvalue weighted by Crippen LogP contribution is -2.40. The number of hydrogen-bond acceptors (Lipinski definition) is 2. The van der Waals surface area contributed by atoms with Crippen molar-refractivity contribution in [2.45, 2.75) is 51.3 Å². The van der Waals surface area contributed by atoms with Crippen LogP contribution in [0.3, 0.4) is 0 Å². The van der Waals surface area contributed by atoms with Crippen molar-refractivity contribution in [1.29, 1.82) is 0 Å². The summed E-state index contributed by atoms with van der Waals surface area (Å²) in [6.07, 6.45) is -3.42. The third-order valence-electron chi connectivity index (χ3n) is 2.67. The summed E-state index contributed by atoms with van der Waals surface area (Å²) < 4.78 is 41.0. The van der Waals surface area contributed by atoms with E-state index < -0.39 is 18.2 Å². The molecule has 0 aromatic heterocycles. The maximum Gasteiger partial charge on any atom is 0.389 e. The van der Waals surface area contributed by atoms with E-state index in [2.05, 4.69) is 0 Å². The van der Waals surface area contributed by atoms with Crippen molar-refractivity contribution in [3.8, 4) is 0 Å². The molecule has 2 N–H and O–H groups in total. The minimum Gasteiger partial charge on any atom is -0.374 e. The van der Waals surface area contributed by atoms with E-state index in [-0.39, 0.29) is 13.0 Å². The molecular weight excluding hydrogens is 207 g/mol. The average molecular weight is 227 g/mol. The monoisotopic (exact) mass is 227 g/mol. The van der Waals surface area contributed by atoms with Gasteiger partial charge in [0.2, 0.25) is 0 Å². The predicted molar refractivity (Wildman–Crippen MR) is 53.6 cm³/mol. The molecule has 0 saturated heterocycles. The minimum atomic E-state index is -4.09. The summed E-state index contributed by atoms with van der Waals surface area (Å²) in [5, 5.41) is 0. The number of alkyl halides is 3. The fourth-order valence-electron chi connectivity index (χ4n) is 1.36. The predicted octanol–water partition coefficient (Wildman–Crippen LogP) is 2.86. The standard InChI is InChI=1S/C10H20F3NO/c1-3-9(4-2,8-14)15-7-5-6-10(11,12)13/h3-8,14H2,1-2H3. The molecule has 0 unspecified atom stereocenters. The molecule has 0 aromatic rings. The summed E-state index contributed by atoms with van der Waals surface area (Å²) in [5.74, 6) is 0. The molecule has 0 saturated carbocycles. The third-order valence-corrected chi connectivity index (χ3v) is 2.67. The van der Waals surface area contributed by atoms with Crippen LogP contribution in [-0.2, 0) is 4.74 Å². The number of halogens is 3. The minimum absolute atomic E-state index is 0.00521. The first-order chi connectivity index (χ1) is 6.89. The highest BCUT2D eigenvalue weighted by Crippen LogP contribution is 2.23. The Bertz CT molecular complexity index is 158. The molecule has 0 aliphatic heterocycles. The van der Waals surface area contributed by atoms with Gasteiger partial charge >= 0.3 is 6.18 Å². The van der Waals surface area contributed by atoms with Gasteiger partial charge in [0.05, 0.1) is 5.60 Å². The molecule has 5 heteroatoms. The normalized spacial score (nSPS) is 13.2. The van der Waals surface area contributed by atoms with Crippen LogP contribution in [0.2, 0.25) is 0 Å². The molecule has 15 heavy (non-hydrogen) atoms. The van der Waals surface area contributed by atoms with E-state index in [9.17, 15) is 13.2 Å². The third kappa shape index (κ3) is 5.99. The molecule has 0 aromatic carbocycles. The Labute approximate surface area is 89.0 Å². The van der Waals surface area contributed by atoms with Gasteiger partial charge in [-0.25, -0.2) is 0 Å². The SMILES string of the molecule is CCC(CC)(CN)OCCCC(F)(F)F. The van der Waals surface area contributed by atoms with Gasteiger partial charge in [-0.15, -0.1) is 0 Å². The van der Waals surface area contributed by atoms with E-state index in [4.69, 9.17) is 10.5 Å². The van der Waals surface area contributed by atoms with Crippen LogP contribution in [0.4, 0.5) is 13.2 Å². The Balaban J connectivity index is 3.82. The van der Waals surface area contributed by atoms with Crippen LogP contribution in [-0.4, -0.2) is 24.9 Å². The summed E-state index contributed by atoms with van der Waals surface area (Å²) in [4.78, 5) is 0. The van der Waals surface area contributed by atoms with Crippen molar-refractivity contribution < 1.29 is 17.9 Å². The van der Waals surface area contributed by atoms with Gasteiger partial charge in [-0.3, -0.25) is 0 Å². The Kier molecular flexibility index (Phi) is 6.20. The van der Waals surface area contributed by atoms with Crippen LogP contribution >= 0.6 is 0 Å². The van der Waals surface area contributed by atoms with Gasteiger partial charge in [-0.2, -0.15) is 13.2 Å². The second-order valence-electron chi connectivity index (χ2n) is 3.66. The van der Waals surface area contributed by atoms with Gasteiger partial charge in [0.25, 0.3) is 0 Å². The summed E-state index contributed by atoms with van der Waals surface area (Å²) in [5.41, 5.74) is 5.11. The van der Waals surface area contributed by atoms with Crippen molar-refractivity contribution in [2.75, 3.05) is 13.2 Å². The van der Waals surface area contributed by atoms with Gasteiger partial charge < -0.3 is 10.5 Å². The number of rotatable bonds is 7. The van der Waals surface area contributed by atoms with Gasteiger partial charge in [0.15, 0.2) is 0 Å². The van der Waals surface area contributed by atoms with Crippen LogP contribution in [0.25, 0.3) is 0 Å². The molecular formula is C10H20F3NO.